The van der Waals surface area contributed by atoms with Gasteiger partial charge in [-0.3, -0.25) is 4.79 Å². The Morgan fingerprint density at radius 3 is 2.55 bits per heavy atom. The number of anilines is 1. The number of nitrogens with one attached hydrogen (secondary N) is 1. The normalized spacial score (nSPS) is 15.3. The Bertz CT molecular complexity index is 916. The highest BCUT2D eigenvalue weighted by Crippen LogP contribution is 2.40. The average molecular weight is 416 g/mol. The van der Waals surface area contributed by atoms with Gasteiger partial charge < -0.3 is 14.8 Å². The zero-order valence-electron chi connectivity index (χ0n) is 16.9. The molecule has 29 heavy (non-hydrogen) atoms. The van der Waals surface area contributed by atoms with Crippen molar-refractivity contribution in [2.75, 3.05) is 18.5 Å². The summed E-state index contributed by atoms with van der Waals surface area (Å²) in [7, 11) is 0. The van der Waals surface area contributed by atoms with E-state index in [1.807, 2.05) is 6.92 Å². The van der Waals surface area contributed by atoms with Gasteiger partial charge in [0.05, 0.1) is 17.7 Å². The van der Waals surface area contributed by atoms with E-state index in [2.05, 4.69) is 12.2 Å². The predicted molar refractivity (Wildman–Crippen MR) is 112 cm³/mol. The molecule has 0 spiro atoms. The summed E-state index contributed by atoms with van der Waals surface area (Å²) >= 11 is 1.41. The van der Waals surface area contributed by atoms with Crippen LogP contribution in [0.25, 0.3) is 0 Å². The van der Waals surface area contributed by atoms with E-state index in [1.54, 1.807) is 31.2 Å². The van der Waals surface area contributed by atoms with Crippen molar-refractivity contribution in [1.82, 2.24) is 0 Å². The number of carbonyl (C=O) groups excluding carboxylic acids is 3. The van der Waals surface area contributed by atoms with E-state index < -0.39 is 24.5 Å². The largest absolute Gasteiger partial charge is 0.462 e. The Morgan fingerprint density at radius 2 is 1.86 bits per heavy atom. The molecular formula is C22H25NO5S. The average Bonchev–Trinajstić information content (AvgIpc) is 3.03. The minimum absolute atomic E-state index is 0.265. The monoisotopic (exact) mass is 415 g/mol. The van der Waals surface area contributed by atoms with E-state index in [0.29, 0.717) is 22.0 Å². The van der Waals surface area contributed by atoms with Gasteiger partial charge in [-0.25, -0.2) is 9.59 Å². The summed E-state index contributed by atoms with van der Waals surface area (Å²) in [5.41, 5.74) is 2.83. The van der Waals surface area contributed by atoms with Gasteiger partial charge in [-0.1, -0.05) is 24.6 Å². The van der Waals surface area contributed by atoms with Gasteiger partial charge in [0, 0.05) is 4.88 Å². The van der Waals surface area contributed by atoms with Crippen molar-refractivity contribution < 1.29 is 23.9 Å². The van der Waals surface area contributed by atoms with Crippen molar-refractivity contribution in [2.24, 2.45) is 5.92 Å². The third-order valence-corrected chi connectivity index (χ3v) is 6.04. The third kappa shape index (κ3) is 5.03. The molecule has 1 amide bonds. The van der Waals surface area contributed by atoms with Crippen LogP contribution in [0.5, 0.6) is 0 Å². The molecule has 0 radical (unpaired) electrons. The van der Waals surface area contributed by atoms with E-state index in [9.17, 15) is 14.4 Å². The molecule has 1 aliphatic rings. The van der Waals surface area contributed by atoms with E-state index in [0.717, 1.165) is 35.3 Å². The van der Waals surface area contributed by atoms with Crippen LogP contribution in [0.2, 0.25) is 0 Å². The summed E-state index contributed by atoms with van der Waals surface area (Å²) in [5, 5.41) is 3.21. The molecule has 7 heteroatoms. The zero-order valence-corrected chi connectivity index (χ0v) is 17.7. The summed E-state index contributed by atoms with van der Waals surface area (Å²) < 4.78 is 10.3. The van der Waals surface area contributed by atoms with Crippen molar-refractivity contribution in [3.8, 4) is 0 Å². The first-order valence-electron chi connectivity index (χ1n) is 9.74. The molecule has 2 aromatic rings. The Balaban J connectivity index is 1.70. The maximum atomic E-state index is 12.5. The molecule has 1 unspecified atom stereocenters. The molecule has 0 fully saturated rings. The molecule has 0 saturated carbocycles. The number of benzene rings is 1. The second kappa shape index (κ2) is 9.22. The van der Waals surface area contributed by atoms with Crippen molar-refractivity contribution in [2.45, 2.75) is 40.0 Å². The van der Waals surface area contributed by atoms with Gasteiger partial charge in [0.25, 0.3) is 5.91 Å². The number of aryl methyl sites for hydroxylation is 1. The van der Waals surface area contributed by atoms with E-state index in [1.165, 1.54) is 11.3 Å². The van der Waals surface area contributed by atoms with Gasteiger partial charge in [-0.15, -0.1) is 11.3 Å². The molecule has 6 nitrogen and oxygen atoms in total. The third-order valence-electron chi connectivity index (χ3n) is 4.87. The van der Waals surface area contributed by atoms with Crippen LogP contribution in [0, 0.1) is 12.8 Å². The molecule has 1 N–H and O–H groups in total. The van der Waals surface area contributed by atoms with Gasteiger partial charge >= 0.3 is 11.9 Å². The minimum atomic E-state index is -0.565. The maximum absolute atomic E-state index is 12.5. The molecule has 1 aliphatic carbocycles. The Morgan fingerprint density at radius 1 is 1.14 bits per heavy atom. The summed E-state index contributed by atoms with van der Waals surface area (Å²) in [5.74, 6) is -0.936. The van der Waals surface area contributed by atoms with Crippen LogP contribution in [0.3, 0.4) is 0 Å². The maximum Gasteiger partial charge on any atom is 0.341 e. The number of ether oxygens (including phenoxy) is 2. The molecule has 1 heterocycles. The smallest absolute Gasteiger partial charge is 0.341 e. The number of fused-ring (bicyclic) bond motifs is 1. The molecule has 1 atom stereocenters. The predicted octanol–water partition coefficient (Wildman–Crippen LogP) is 4.15. The van der Waals surface area contributed by atoms with Crippen LogP contribution in [-0.4, -0.2) is 31.1 Å². The number of carbonyl (C=O) groups is 3. The standard InChI is InChI=1S/C22H25NO5S/c1-4-27-22(26)19-16-10-7-14(3)11-17(16)29-20(19)23-18(24)12-28-21(25)15-8-5-13(2)6-9-15/h5-6,8-9,14H,4,7,10-12H2,1-3H3,(H,23,24). The lowest BCUT2D eigenvalue weighted by Gasteiger charge is -2.18. The van der Waals surface area contributed by atoms with Crippen LogP contribution < -0.4 is 5.32 Å². The lowest BCUT2D eigenvalue weighted by Crippen LogP contribution is -2.22. The second-order valence-corrected chi connectivity index (χ2v) is 8.37. The minimum Gasteiger partial charge on any atom is -0.462 e. The fourth-order valence-electron chi connectivity index (χ4n) is 3.32. The molecule has 154 valence electrons. The molecule has 1 aromatic heterocycles. The van der Waals surface area contributed by atoms with Gasteiger partial charge in [0.2, 0.25) is 0 Å². The lowest BCUT2D eigenvalue weighted by molar-refractivity contribution is -0.119. The van der Waals surface area contributed by atoms with E-state index >= 15 is 0 Å². The number of hydrogen-bond donors (Lipinski definition) is 1. The Labute approximate surface area is 174 Å². The van der Waals surface area contributed by atoms with Gasteiger partial charge in [-0.2, -0.15) is 0 Å². The lowest BCUT2D eigenvalue weighted by atomic mass is 9.88. The SMILES string of the molecule is CCOC(=O)c1c(NC(=O)COC(=O)c2ccc(C)cc2)sc2c1CCC(C)C2. The van der Waals surface area contributed by atoms with Crippen molar-refractivity contribution in [1.29, 1.82) is 0 Å². The van der Waals surface area contributed by atoms with Crippen molar-refractivity contribution >= 4 is 34.2 Å². The van der Waals surface area contributed by atoms with E-state index in [-0.39, 0.29) is 6.61 Å². The molecule has 0 bridgehead atoms. The van der Waals surface area contributed by atoms with E-state index in [4.69, 9.17) is 9.47 Å². The van der Waals surface area contributed by atoms with Crippen LogP contribution in [0.1, 0.15) is 57.0 Å². The van der Waals surface area contributed by atoms with Crippen LogP contribution >= 0.6 is 11.3 Å². The fraction of sp³-hybridized carbons (Fsp3) is 0.409. The van der Waals surface area contributed by atoms with Gasteiger partial charge in [0.1, 0.15) is 5.00 Å². The number of amides is 1. The first kappa shape index (κ1) is 21.0. The van der Waals surface area contributed by atoms with Gasteiger partial charge in [0.15, 0.2) is 6.61 Å². The number of thiophene rings is 1. The van der Waals surface area contributed by atoms with Crippen LogP contribution in [-0.2, 0) is 27.1 Å². The summed E-state index contributed by atoms with van der Waals surface area (Å²) in [6, 6.07) is 6.92. The molecule has 0 aliphatic heterocycles. The first-order chi connectivity index (χ1) is 13.9. The molecular weight excluding hydrogens is 390 g/mol. The summed E-state index contributed by atoms with van der Waals surface area (Å²) in [6.45, 7) is 5.69. The highest BCUT2D eigenvalue weighted by atomic mass is 32.1. The highest BCUT2D eigenvalue weighted by molar-refractivity contribution is 7.17. The number of rotatable bonds is 6. The molecule has 1 aromatic carbocycles. The molecule has 3 rings (SSSR count). The quantitative estimate of drug-likeness (QED) is 0.717. The van der Waals surface area contributed by atoms with Crippen molar-refractivity contribution in [3.05, 3.63) is 51.4 Å². The molecule has 0 saturated heterocycles. The number of hydrogen-bond acceptors (Lipinski definition) is 6. The van der Waals surface area contributed by atoms with Crippen LogP contribution in [0.15, 0.2) is 24.3 Å². The number of esters is 2. The van der Waals surface area contributed by atoms with Gasteiger partial charge in [-0.05, 0) is 56.7 Å². The first-order valence-corrected chi connectivity index (χ1v) is 10.6. The van der Waals surface area contributed by atoms with Crippen LogP contribution in [0.4, 0.5) is 5.00 Å². The fourth-order valence-corrected chi connectivity index (χ4v) is 4.74. The van der Waals surface area contributed by atoms with Crippen molar-refractivity contribution in [3.63, 3.8) is 0 Å². The Hall–Kier alpha value is -2.67. The summed E-state index contributed by atoms with van der Waals surface area (Å²) in [4.78, 5) is 38.1. The Kier molecular flexibility index (Phi) is 6.69. The second-order valence-electron chi connectivity index (χ2n) is 7.27. The zero-order chi connectivity index (χ0) is 21.0. The topological polar surface area (TPSA) is 81.7 Å². The highest BCUT2D eigenvalue weighted by Gasteiger charge is 2.29. The summed E-state index contributed by atoms with van der Waals surface area (Å²) in [6.07, 6.45) is 2.67.